The fourth-order valence-electron chi connectivity index (χ4n) is 2.37. The van der Waals surface area contributed by atoms with Crippen molar-refractivity contribution in [1.82, 2.24) is 4.90 Å². The maximum Gasteiger partial charge on any atom is 0.250 e. The van der Waals surface area contributed by atoms with Crippen LogP contribution in [0.2, 0.25) is 0 Å². The van der Waals surface area contributed by atoms with Crippen LogP contribution in [0.4, 0.5) is 0 Å². The van der Waals surface area contributed by atoms with Crippen LogP contribution in [0.1, 0.15) is 33.1 Å². The molecule has 1 aliphatic heterocycles. The molecule has 0 unspecified atom stereocenters. The summed E-state index contributed by atoms with van der Waals surface area (Å²) in [5.41, 5.74) is 18.7. The molecule has 7 nitrogen and oxygen atoms in total. The number of nitrogens with two attached hydrogens (primary N) is 3. The molecule has 0 radical (unpaired) electrons. The highest BCUT2D eigenvalue weighted by Crippen LogP contribution is 2.16. The van der Waals surface area contributed by atoms with Crippen molar-refractivity contribution in [1.29, 1.82) is 0 Å². The van der Waals surface area contributed by atoms with Crippen LogP contribution in [0, 0.1) is 11.8 Å². The second-order valence-electron chi connectivity index (χ2n) is 5.61. The van der Waals surface area contributed by atoms with Crippen LogP contribution in [-0.4, -0.2) is 49.0 Å². The van der Waals surface area contributed by atoms with E-state index in [1.54, 1.807) is 6.08 Å². The van der Waals surface area contributed by atoms with Crippen molar-refractivity contribution in [2.24, 2.45) is 27.2 Å². The second kappa shape index (κ2) is 11.0. The summed E-state index contributed by atoms with van der Waals surface area (Å²) in [6.07, 6.45) is 5.24. The summed E-state index contributed by atoms with van der Waals surface area (Å²) in [5.74, 6) is 5.81. The van der Waals surface area contributed by atoms with E-state index in [9.17, 15) is 4.79 Å². The third-order valence-corrected chi connectivity index (χ3v) is 3.42. The SMILES string of the molecule is CCCN(CCC)C(=O)C1=CC(N)=C(C=NCC#CCN)N=C(N)C1. The van der Waals surface area contributed by atoms with Crippen LogP contribution in [0.3, 0.4) is 0 Å². The zero-order chi connectivity index (χ0) is 18.7. The molecule has 7 heteroatoms. The smallest absolute Gasteiger partial charge is 0.250 e. The van der Waals surface area contributed by atoms with Crippen molar-refractivity contribution in [3.63, 3.8) is 0 Å². The Hall–Kier alpha value is -2.59. The molecule has 0 aliphatic carbocycles. The summed E-state index contributed by atoms with van der Waals surface area (Å²) in [5, 5.41) is 0. The number of carbonyl (C=O) groups is 1. The van der Waals surface area contributed by atoms with Crippen LogP contribution in [0.15, 0.2) is 33.0 Å². The third-order valence-electron chi connectivity index (χ3n) is 3.42. The molecule has 0 bridgehead atoms. The Bertz CT molecular complexity index is 642. The fraction of sp³-hybridized carbons (Fsp3) is 0.500. The standard InChI is InChI=1S/C18H28N6O/c1-3-9-24(10-4-2)18(25)14-11-15(20)16(23-17(21)12-14)13-22-8-6-5-7-19/h11,13H,3-4,7-10,12,19-20H2,1-2H3,(H2,21,23). The van der Waals surface area contributed by atoms with Gasteiger partial charge < -0.3 is 22.1 Å². The summed E-state index contributed by atoms with van der Waals surface area (Å²) < 4.78 is 0. The van der Waals surface area contributed by atoms with Crippen molar-refractivity contribution in [3.8, 4) is 11.8 Å². The first-order valence-corrected chi connectivity index (χ1v) is 8.51. The lowest BCUT2D eigenvalue weighted by molar-refractivity contribution is -0.127. The van der Waals surface area contributed by atoms with Gasteiger partial charge in [0.1, 0.15) is 11.5 Å². The van der Waals surface area contributed by atoms with E-state index in [1.165, 1.54) is 6.21 Å². The number of amides is 1. The Morgan fingerprint density at radius 2 is 2.00 bits per heavy atom. The van der Waals surface area contributed by atoms with E-state index in [0.29, 0.717) is 49.0 Å². The Kier molecular flexibility index (Phi) is 9.04. The molecule has 6 N–H and O–H groups in total. The number of aliphatic imine (C=N–C) groups is 2. The predicted octanol–water partition coefficient (Wildman–Crippen LogP) is 0.526. The third kappa shape index (κ3) is 6.81. The molecule has 1 aliphatic rings. The summed E-state index contributed by atoms with van der Waals surface area (Å²) in [4.78, 5) is 23.0. The van der Waals surface area contributed by atoms with Crippen molar-refractivity contribution in [2.75, 3.05) is 26.2 Å². The zero-order valence-electron chi connectivity index (χ0n) is 15.1. The highest BCUT2D eigenvalue weighted by atomic mass is 16.2. The highest BCUT2D eigenvalue weighted by Gasteiger charge is 2.20. The first kappa shape index (κ1) is 20.5. The Morgan fingerprint density at radius 1 is 1.32 bits per heavy atom. The van der Waals surface area contributed by atoms with Gasteiger partial charge in [0.05, 0.1) is 25.0 Å². The van der Waals surface area contributed by atoms with E-state index in [-0.39, 0.29) is 12.3 Å². The van der Waals surface area contributed by atoms with E-state index in [0.717, 1.165) is 12.8 Å². The molecule has 0 aromatic carbocycles. The van der Waals surface area contributed by atoms with Crippen molar-refractivity contribution < 1.29 is 4.79 Å². The number of nitrogens with zero attached hydrogens (tertiary/aromatic N) is 3. The normalized spacial score (nSPS) is 14.5. The minimum absolute atomic E-state index is 0.0446. The summed E-state index contributed by atoms with van der Waals surface area (Å²) in [7, 11) is 0. The topological polar surface area (TPSA) is 123 Å². The van der Waals surface area contributed by atoms with E-state index < -0.39 is 0 Å². The van der Waals surface area contributed by atoms with Crippen molar-refractivity contribution >= 4 is 18.0 Å². The van der Waals surface area contributed by atoms with Crippen molar-refractivity contribution in [2.45, 2.75) is 33.1 Å². The first-order valence-electron chi connectivity index (χ1n) is 8.51. The molecule has 0 saturated heterocycles. The Morgan fingerprint density at radius 3 is 2.60 bits per heavy atom. The van der Waals surface area contributed by atoms with Crippen LogP contribution in [-0.2, 0) is 4.79 Å². The second-order valence-corrected chi connectivity index (χ2v) is 5.61. The maximum atomic E-state index is 12.8. The number of amidine groups is 1. The van der Waals surface area contributed by atoms with Gasteiger partial charge in [-0.3, -0.25) is 9.79 Å². The van der Waals surface area contributed by atoms with E-state index in [1.807, 2.05) is 18.7 Å². The lowest BCUT2D eigenvalue weighted by atomic mass is 10.1. The molecule has 0 aromatic heterocycles. The summed E-state index contributed by atoms with van der Waals surface area (Å²) in [6.45, 7) is 6.11. The number of rotatable bonds is 7. The zero-order valence-corrected chi connectivity index (χ0v) is 15.1. The van der Waals surface area contributed by atoms with Gasteiger partial charge in [-0.25, -0.2) is 4.99 Å². The number of hydrogen-bond donors (Lipinski definition) is 3. The molecule has 0 aromatic rings. The minimum Gasteiger partial charge on any atom is -0.397 e. The van der Waals surface area contributed by atoms with Crippen LogP contribution in [0.5, 0.6) is 0 Å². The fourth-order valence-corrected chi connectivity index (χ4v) is 2.37. The molecular weight excluding hydrogens is 316 g/mol. The highest BCUT2D eigenvalue weighted by molar-refractivity contribution is 6.02. The predicted molar refractivity (Wildman–Crippen MR) is 103 cm³/mol. The molecular formula is C18H28N6O. The van der Waals surface area contributed by atoms with Crippen LogP contribution >= 0.6 is 0 Å². The molecule has 1 heterocycles. The Labute approximate surface area is 149 Å². The average molecular weight is 344 g/mol. The molecule has 0 spiro atoms. The molecule has 25 heavy (non-hydrogen) atoms. The first-order chi connectivity index (χ1) is 12.0. The van der Waals surface area contributed by atoms with Gasteiger partial charge in [-0.05, 0) is 18.9 Å². The molecule has 0 saturated carbocycles. The number of carbonyl (C=O) groups excluding carboxylic acids is 1. The summed E-state index contributed by atoms with van der Waals surface area (Å²) >= 11 is 0. The van der Waals surface area contributed by atoms with Gasteiger partial charge >= 0.3 is 0 Å². The maximum absolute atomic E-state index is 12.8. The van der Waals surface area contributed by atoms with Crippen LogP contribution < -0.4 is 17.2 Å². The quantitative estimate of drug-likeness (QED) is 0.460. The van der Waals surface area contributed by atoms with Gasteiger partial charge in [-0.1, -0.05) is 25.7 Å². The van der Waals surface area contributed by atoms with Gasteiger partial charge in [0.25, 0.3) is 0 Å². The van der Waals surface area contributed by atoms with E-state index >= 15 is 0 Å². The molecule has 1 rings (SSSR count). The molecule has 1 amide bonds. The van der Waals surface area contributed by atoms with Gasteiger partial charge in [0.15, 0.2) is 0 Å². The molecule has 0 fully saturated rings. The average Bonchev–Trinajstić information content (AvgIpc) is 2.72. The minimum atomic E-state index is -0.0446. The van der Waals surface area contributed by atoms with Gasteiger partial charge in [-0.2, -0.15) is 0 Å². The molecule has 0 atom stereocenters. The largest absolute Gasteiger partial charge is 0.397 e. The lowest BCUT2D eigenvalue weighted by Gasteiger charge is -2.22. The molecule has 136 valence electrons. The summed E-state index contributed by atoms with van der Waals surface area (Å²) in [6, 6.07) is 0. The monoisotopic (exact) mass is 344 g/mol. The van der Waals surface area contributed by atoms with Gasteiger partial charge in [0, 0.05) is 25.1 Å². The van der Waals surface area contributed by atoms with Gasteiger partial charge in [-0.15, -0.1) is 0 Å². The van der Waals surface area contributed by atoms with Crippen LogP contribution in [0.25, 0.3) is 0 Å². The number of allylic oxidation sites excluding steroid dienone is 2. The number of hydrogen-bond acceptors (Lipinski definition) is 6. The van der Waals surface area contributed by atoms with Crippen molar-refractivity contribution in [3.05, 3.63) is 23.0 Å². The lowest BCUT2D eigenvalue weighted by Crippen LogP contribution is -2.34. The van der Waals surface area contributed by atoms with E-state index in [4.69, 9.17) is 17.2 Å². The van der Waals surface area contributed by atoms with E-state index in [2.05, 4.69) is 21.8 Å². The van der Waals surface area contributed by atoms with Gasteiger partial charge in [0.2, 0.25) is 5.91 Å². The Balaban J connectivity index is 3.02.